The minimum atomic E-state index is -0.142. The van der Waals surface area contributed by atoms with Crippen molar-refractivity contribution in [3.8, 4) is 5.69 Å². The van der Waals surface area contributed by atoms with Crippen LogP contribution in [0.4, 0.5) is 5.69 Å². The molecule has 1 heterocycles. The zero-order chi connectivity index (χ0) is 23.5. The van der Waals surface area contributed by atoms with E-state index in [0.717, 1.165) is 28.1 Å². The molecule has 168 valence electrons. The van der Waals surface area contributed by atoms with E-state index in [1.54, 1.807) is 10.6 Å². The second-order valence-corrected chi connectivity index (χ2v) is 9.34. The van der Waals surface area contributed by atoms with E-state index in [1.165, 1.54) is 11.8 Å². The second kappa shape index (κ2) is 9.63. The van der Waals surface area contributed by atoms with Crippen LogP contribution >= 0.6 is 11.8 Å². The highest BCUT2D eigenvalue weighted by Crippen LogP contribution is 2.26. The Bertz CT molecular complexity index is 1390. The number of carbonyl (C=O) groups excluding carboxylic acids is 1. The topological polar surface area (TPSA) is 64.0 Å². The summed E-state index contributed by atoms with van der Waals surface area (Å²) in [5.74, 6) is 0.301. The second-order valence-electron chi connectivity index (χ2n) is 8.40. The van der Waals surface area contributed by atoms with Crippen LogP contribution in [0.3, 0.4) is 0 Å². The van der Waals surface area contributed by atoms with Gasteiger partial charge < -0.3 is 5.32 Å². The lowest BCUT2D eigenvalue weighted by atomic mass is 10.0. The van der Waals surface area contributed by atoms with Crippen LogP contribution in [0.5, 0.6) is 0 Å². The van der Waals surface area contributed by atoms with Crippen LogP contribution in [0, 0.1) is 13.8 Å². The summed E-state index contributed by atoms with van der Waals surface area (Å²) in [6, 6.07) is 21.0. The predicted octanol–water partition coefficient (Wildman–Crippen LogP) is 5.86. The van der Waals surface area contributed by atoms with Crippen LogP contribution in [-0.2, 0) is 4.79 Å². The number of nitrogens with zero attached hydrogens (tertiary/aromatic N) is 2. The Morgan fingerprint density at radius 2 is 1.73 bits per heavy atom. The molecule has 0 atom stereocenters. The Morgan fingerprint density at radius 3 is 2.48 bits per heavy atom. The minimum absolute atomic E-state index is 0.137. The maximum absolute atomic E-state index is 13.4. The fourth-order valence-corrected chi connectivity index (χ4v) is 4.54. The Balaban J connectivity index is 1.68. The first-order valence-corrected chi connectivity index (χ1v) is 11.9. The number of benzene rings is 3. The number of thioether (sulfide) groups is 1. The average molecular weight is 458 g/mol. The smallest absolute Gasteiger partial charge is 0.266 e. The molecule has 0 aliphatic rings. The Kier molecular flexibility index (Phi) is 6.65. The molecule has 5 nitrogen and oxygen atoms in total. The predicted molar refractivity (Wildman–Crippen MR) is 137 cm³/mol. The van der Waals surface area contributed by atoms with Crippen LogP contribution in [0.2, 0.25) is 0 Å². The molecule has 0 fully saturated rings. The molecule has 0 radical (unpaired) electrons. The van der Waals surface area contributed by atoms with Gasteiger partial charge in [0.15, 0.2) is 5.16 Å². The van der Waals surface area contributed by atoms with Gasteiger partial charge in [-0.3, -0.25) is 14.2 Å². The molecule has 0 aliphatic carbocycles. The number of aryl methyl sites for hydroxylation is 2. The number of hydrogen-bond donors (Lipinski definition) is 1. The van der Waals surface area contributed by atoms with E-state index in [0.29, 0.717) is 22.0 Å². The summed E-state index contributed by atoms with van der Waals surface area (Å²) in [5, 5.41) is 4.06. The molecular formula is C27H27N3O2S. The number of fused-ring (bicyclic) bond motifs is 1. The summed E-state index contributed by atoms with van der Waals surface area (Å²) in [6.45, 7) is 8.25. The third-order valence-electron chi connectivity index (χ3n) is 5.68. The number of nitrogens with one attached hydrogen (secondary N) is 1. The molecule has 0 saturated heterocycles. The number of anilines is 1. The minimum Gasteiger partial charge on any atom is -0.325 e. The van der Waals surface area contributed by atoms with Gasteiger partial charge in [0.25, 0.3) is 5.56 Å². The van der Waals surface area contributed by atoms with Crippen LogP contribution in [0.25, 0.3) is 16.6 Å². The van der Waals surface area contributed by atoms with Gasteiger partial charge in [-0.1, -0.05) is 62.0 Å². The van der Waals surface area contributed by atoms with E-state index in [2.05, 4.69) is 19.2 Å². The average Bonchev–Trinajstić information content (AvgIpc) is 2.80. The molecule has 33 heavy (non-hydrogen) atoms. The van der Waals surface area contributed by atoms with Gasteiger partial charge in [-0.25, -0.2) is 4.98 Å². The Hall–Kier alpha value is -3.38. The molecule has 6 heteroatoms. The number of para-hydroxylation sites is 2. The van der Waals surface area contributed by atoms with Crippen molar-refractivity contribution < 1.29 is 4.79 Å². The van der Waals surface area contributed by atoms with Gasteiger partial charge in [-0.2, -0.15) is 0 Å². The van der Waals surface area contributed by atoms with Crippen molar-refractivity contribution >= 4 is 34.3 Å². The monoisotopic (exact) mass is 457 g/mol. The van der Waals surface area contributed by atoms with Gasteiger partial charge in [-0.05, 0) is 66.8 Å². The number of rotatable bonds is 6. The molecule has 1 N–H and O–H groups in total. The quantitative estimate of drug-likeness (QED) is 0.291. The van der Waals surface area contributed by atoms with Crippen molar-refractivity contribution in [1.82, 2.24) is 9.55 Å². The van der Waals surface area contributed by atoms with Crippen molar-refractivity contribution in [2.24, 2.45) is 0 Å². The van der Waals surface area contributed by atoms with Crippen LogP contribution in [-0.4, -0.2) is 21.2 Å². The van der Waals surface area contributed by atoms with E-state index in [9.17, 15) is 9.59 Å². The van der Waals surface area contributed by atoms with Gasteiger partial charge in [0.1, 0.15) is 0 Å². The fraction of sp³-hybridized carbons (Fsp3) is 0.222. The molecule has 1 aromatic heterocycles. The zero-order valence-corrected chi connectivity index (χ0v) is 20.1. The van der Waals surface area contributed by atoms with Crippen molar-refractivity contribution in [3.05, 3.63) is 93.8 Å². The first-order chi connectivity index (χ1) is 15.8. The lowest BCUT2D eigenvalue weighted by Gasteiger charge is -2.15. The molecule has 0 aliphatic heterocycles. The van der Waals surface area contributed by atoms with Crippen molar-refractivity contribution in [3.63, 3.8) is 0 Å². The highest BCUT2D eigenvalue weighted by Gasteiger charge is 2.16. The van der Waals surface area contributed by atoms with Crippen molar-refractivity contribution in [2.75, 3.05) is 11.1 Å². The highest BCUT2D eigenvalue weighted by molar-refractivity contribution is 7.99. The summed E-state index contributed by atoms with van der Waals surface area (Å²) in [4.78, 5) is 31.0. The summed E-state index contributed by atoms with van der Waals surface area (Å²) in [5.41, 5.74) is 5.37. The molecule has 0 unspecified atom stereocenters. The van der Waals surface area contributed by atoms with Crippen LogP contribution < -0.4 is 10.9 Å². The third-order valence-corrected chi connectivity index (χ3v) is 6.62. The summed E-state index contributed by atoms with van der Waals surface area (Å²) >= 11 is 1.26. The number of amides is 1. The van der Waals surface area contributed by atoms with Gasteiger partial charge in [0.05, 0.1) is 22.3 Å². The molecule has 0 saturated carbocycles. The lowest BCUT2D eigenvalue weighted by molar-refractivity contribution is -0.113. The molecular weight excluding hydrogens is 430 g/mol. The molecule has 3 aromatic carbocycles. The van der Waals surface area contributed by atoms with E-state index in [1.807, 2.05) is 74.5 Å². The molecule has 4 aromatic rings. The molecule has 0 spiro atoms. The van der Waals surface area contributed by atoms with Crippen LogP contribution in [0.1, 0.15) is 36.5 Å². The highest BCUT2D eigenvalue weighted by atomic mass is 32.2. The summed E-state index contributed by atoms with van der Waals surface area (Å²) in [7, 11) is 0. The SMILES string of the molecule is Cc1ccc(-n2c(SCC(=O)Nc3ccccc3C(C)C)nc3ccccc3c2=O)cc1C. The maximum atomic E-state index is 13.4. The fourth-order valence-electron chi connectivity index (χ4n) is 3.73. The molecule has 0 bridgehead atoms. The Morgan fingerprint density at radius 1 is 1.00 bits per heavy atom. The normalized spacial score (nSPS) is 11.2. The Labute approximate surface area is 197 Å². The number of hydrogen-bond acceptors (Lipinski definition) is 4. The maximum Gasteiger partial charge on any atom is 0.266 e. The molecule has 4 rings (SSSR count). The van der Waals surface area contributed by atoms with E-state index < -0.39 is 0 Å². The lowest BCUT2D eigenvalue weighted by Crippen LogP contribution is -2.23. The van der Waals surface area contributed by atoms with Gasteiger partial charge in [0.2, 0.25) is 5.91 Å². The van der Waals surface area contributed by atoms with Crippen LogP contribution in [0.15, 0.2) is 76.7 Å². The van der Waals surface area contributed by atoms with Gasteiger partial charge >= 0.3 is 0 Å². The largest absolute Gasteiger partial charge is 0.325 e. The van der Waals surface area contributed by atoms with Gasteiger partial charge in [-0.15, -0.1) is 0 Å². The number of carbonyl (C=O) groups is 1. The van der Waals surface area contributed by atoms with Gasteiger partial charge in [0, 0.05) is 5.69 Å². The summed E-state index contributed by atoms with van der Waals surface area (Å²) < 4.78 is 1.61. The summed E-state index contributed by atoms with van der Waals surface area (Å²) in [6.07, 6.45) is 0. The van der Waals surface area contributed by atoms with Crippen molar-refractivity contribution in [2.45, 2.75) is 38.8 Å². The number of aromatic nitrogens is 2. The van der Waals surface area contributed by atoms with E-state index >= 15 is 0 Å². The standard InChI is InChI=1S/C27H27N3O2S/c1-17(2)21-9-5-7-11-23(21)28-25(31)16-33-27-29-24-12-8-6-10-22(24)26(32)30(27)20-14-13-18(3)19(4)15-20/h5-15,17H,16H2,1-4H3,(H,28,31). The van der Waals surface area contributed by atoms with E-state index in [4.69, 9.17) is 4.98 Å². The van der Waals surface area contributed by atoms with Crippen molar-refractivity contribution in [1.29, 1.82) is 0 Å². The first kappa shape index (κ1) is 22.8. The van der Waals surface area contributed by atoms with E-state index in [-0.39, 0.29) is 17.2 Å². The third kappa shape index (κ3) is 4.86. The first-order valence-electron chi connectivity index (χ1n) is 11.0. The zero-order valence-electron chi connectivity index (χ0n) is 19.3. The molecule has 1 amide bonds.